The summed E-state index contributed by atoms with van der Waals surface area (Å²) in [5.74, 6) is 1.44. The monoisotopic (exact) mass is 466 g/mol. The van der Waals surface area contributed by atoms with Crippen LogP contribution >= 0.6 is 0 Å². The molecule has 1 atom stereocenters. The van der Waals surface area contributed by atoms with Crippen molar-refractivity contribution in [1.82, 2.24) is 0 Å². The first-order valence-electron chi connectivity index (χ1n) is 13.5. The minimum Gasteiger partial charge on any atom is -0.487 e. The molecule has 1 N–H and O–H groups in total. The Morgan fingerprint density at radius 3 is 2.12 bits per heavy atom. The molecule has 0 fully saturated rings. The molecule has 0 saturated heterocycles. The molecule has 188 valence electrons. The summed E-state index contributed by atoms with van der Waals surface area (Å²) in [5, 5.41) is 10.2. The van der Waals surface area contributed by atoms with Crippen LogP contribution in [-0.2, 0) is 12.8 Å². The molecule has 0 bridgehead atoms. The van der Waals surface area contributed by atoms with Crippen molar-refractivity contribution in [3.05, 3.63) is 71.8 Å². The smallest absolute Gasteiger partial charge is 0.231 e. The van der Waals surface area contributed by atoms with Gasteiger partial charge in [-0.3, -0.25) is 0 Å². The lowest BCUT2D eigenvalue weighted by Gasteiger charge is -2.15. The minimum atomic E-state index is -0.993. The lowest BCUT2D eigenvalue weighted by molar-refractivity contribution is -0.0479. The molecule has 0 heterocycles. The van der Waals surface area contributed by atoms with Crippen molar-refractivity contribution in [3.8, 4) is 11.5 Å². The third kappa shape index (κ3) is 12.8. The number of ether oxygens (including phenoxy) is 2. The third-order valence-corrected chi connectivity index (χ3v) is 6.12. The molecule has 0 aliphatic carbocycles. The molecule has 0 aromatic heterocycles. The average molecular weight is 467 g/mol. The first kappa shape index (κ1) is 28.0. The summed E-state index contributed by atoms with van der Waals surface area (Å²) >= 11 is 0. The molecule has 0 amide bonds. The Morgan fingerprint density at radius 2 is 1.41 bits per heavy atom. The predicted octanol–water partition coefficient (Wildman–Crippen LogP) is 8.43. The number of rotatable bonds is 19. The van der Waals surface area contributed by atoms with Crippen molar-refractivity contribution in [2.75, 3.05) is 6.61 Å². The molecule has 34 heavy (non-hydrogen) atoms. The minimum absolute atomic E-state index is 0.102. The van der Waals surface area contributed by atoms with E-state index in [2.05, 4.69) is 32.1 Å². The summed E-state index contributed by atoms with van der Waals surface area (Å²) < 4.78 is 11.3. The van der Waals surface area contributed by atoms with Crippen LogP contribution in [-0.4, -0.2) is 18.0 Å². The topological polar surface area (TPSA) is 38.7 Å². The lowest BCUT2D eigenvalue weighted by Crippen LogP contribution is -2.24. The van der Waals surface area contributed by atoms with Gasteiger partial charge in [0.25, 0.3) is 0 Å². The first-order valence-corrected chi connectivity index (χ1v) is 13.5. The largest absolute Gasteiger partial charge is 0.487 e. The number of hydrogen-bond acceptors (Lipinski definition) is 3. The second-order valence-corrected chi connectivity index (χ2v) is 9.16. The van der Waals surface area contributed by atoms with Crippen molar-refractivity contribution in [3.63, 3.8) is 0 Å². The molecule has 2 aromatic carbocycles. The van der Waals surface area contributed by atoms with Crippen LogP contribution in [0.3, 0.4) is 0 Å². The fraction of sp³-hybridized carbons (Fsp3) is 0.548. The van der Waals surface area contributed by atoms with Crippen LogP contribution in [0.2, 0.25) is 0 Å². The maximum Gasteiger partial charge on any atom is 0.231 e. The molecular formula is C31H46O3. The summed E-state index contributed by atoms with van der Waals surface area (Å²) in [4.78, 5) is 0. The lowest BCUT2D eigenvalue weighted by atomic mass is 10.0. The molecule has 2 aromatic rings. The molecule has 0 radical (unpaired) electrons. The van der Waals surface area contributed by atoms with Crippen LogP contribution < -0.4 is 9.47 Å². The van der Waals surface area contributed by atoms with Gasteiger partial charge in [-0.1, -0.05) is 95.2 Å². The molecule has 1 unspecified atom stereocenters. The summed E-state index contributed by atoms with van der Waals surface area (Å²) in [6.07, 6.45) is 20.0. The van der Waals surface area contributed by atoms with E-state index in [0.717, 1.165) is 18.6 Å². The average Bonchev–Trinajstić information content (AvgIpc) is 2.86. The molecule has 0 saturated carbocycles. The van der Waals surface area contributed by atoms with E-state index in [4.69, 9.17) is 9.47 Å². The normalized spacial score (nSPS) is 12.2. The van der Waals surface area contributed by atoms with Gasteiger partial charge in [-0.05, 0) is 73.9 Å². The van der Waals surface area contributed by atoms with Gasteiger partial charge >= 0.3 is 0 Å². The Morgan fingerprint density at radius 1 is 0.735 bits per heavy atom. The third-order valence-electron chi connectivity index (χ3n) is 6.12. The van der Waals surface area contributed by atoms with Crippen LogP contribution in [0.4, 0.5) is 0 Å². The second-order valence-electron chi connectivity index (χ2n) is 9.16. The van der Waals surface area contributed by atoms with Gasteiger partial charge in [0, 0.05) is 0 Å². The van der Waals surface area contributed by atoms with Gasteiger partial charge in [0.2, 0.25) is 6.29 Å². The second kappa shape index (κ2) is 18.1. The van der Waals surface area contributed by atoms with Crippen molar-refractivity contribution < 1.29 is 14.6 Å². The highest BCUT2D eigenvalue weighted by atomic mass is 16.6. The Balaban J connectivity index is 1.54. The van der Waals surface area contributed by atoms with E-state index < -0.39 is 6.29 Å². The van der Waals surface area contributed by atoms with E-state index in [9.17, 15) is 5.11 Å². The summed E-state index contributed by atoms with van der Waals surface area (Å²) in [5.41, 5.74) is 2.53. The van der Waals surface area contributed by atoms with E-state index in [-0.39, 0.29) is 6.61 Å². The van der Waals surface area contributed by atoms with Crippen LogP contribution in [0.25, 0.3) is 0 Å². The van der Waals surface area contributed by atoms with Gasteiger partial charge in [-0.2, -0.15) is 0 Å². The van der Waals surface area contributed by atoms with Gasteiger partial charge in [0.05, 0.1) is 0 Å². The standard InChI is InChI=1S/C31H46O3/c1-3-5-6-7-8-9-10-11-12-13-14-15-16-18-28-19-17-20-30(25-28)34-31(32)26-33-29-23-21-27(4-2)22-24-29/h7-8,17,19-25,31-32H,3-6,9-16,18,26H2,1-2H3/b8-7+. The van der Waals surface area contributed by atoms with Crippen LogP contribution in [0.5, 0.6) is 11.5 Å². The summed E-state index contributed by atoms with van der Waals surface area (Å²) in [6.45, 7) is 4.47. The van der Waals surface area contributed by atoms with Crippen molar-refractivity contribution in [2.45, 2.75) is 104 Å². The maximum absolute atomic E-state index is 10.2. The van der Waals surface area contributed by atoms with Gasteiger partial charge in [-0.15, -0.1) is 0 Å². The number of benzene rings is 2. The molecule has 3 nitrogen and oxygen atoms in total. The Labute approximate surface area is 208 Å². The van der Waals surface area contributed by atoms with Crippen LogP contribution in [0.1, 0.15) is 95.6 Å². The number of hydrogen-bond donors (Lipinski definition) is 1. The quantitative estimate of drug-likeness (QED) is 0.128. The zero-order chi connectivity index (χ0) is 24.3. The zero-order valence-electron chi connectivity index (χ0n) is 21.5. The van der Waals surface area contributed by atoms with Crippen molar-refractivity contribution in [2.24, 2.45) is 0 Å². The maximum atomic E-state index is 10.2. The number of aliphatic hydroxyl groups excluding tert-OH is 1. The molecule has 2 rings (SSSR count). The fourth-order valence-corrected chi connectivity index (χ4v) is 3.99. The number of aryl methyl sites for hydroxylation is 2. The Bertz CT molecular complexity index is 782. The molecule has 0 aliphatic rings. The van der Waals surface area contributed by atoms with Gasteiger partial charge in [0.15, 0.2) is 6.61 Å². The van der Waals surface area contributed by atoms with Crippen LogP contribution in [0.15, 0.2) is 60.7 Å². The van der Waals surface area contributed by atoms with Gasteiger partial charge in [-0.25, -0.2) is 0 Å². The molecule has 0 aliphatic heterocycles. The van der Waals surface area contributed by atoms with E-state index in [0.29, 0.717) is 5.75 Å². The van der Waals surface area contributed by atoms with E-state index >= 15 is 0 Å². The van der Waals surface area contributed by atoms with E-state index in [1.165, 1.54) is 81.8 Å². The highest BCUT2D eigenvalue weighted by Gasteiger charge is 2.08. The highest BCUT2D eigenvalue weighted by Crippen LogP contribution is 2.18. The summed E-state index contributed by atoms with van der Waals surface area (Å²) in [6, 6.07) is 16.0. The molecule has 0 spiro atoms. The highest BCUT2D eigenvalue weighted by molar-refractivity contribution is 5.29. The molecule has 3 heteroatoms. The van der Waals surface area contributed by atoms with Crippen LogP contribution in [0, 0.1) is 0 Å². The first-order chi connectivity index (χ1) is 16.7. The summed E-state index contributed by atoms with van der Waals surface area (Å²) in [7, 11) is 0. The Kier molecular flexibility index (Phi) is 14.9. The molecular weight excluding hydrogens is 420 g/mol. The van der Waals surface area contributed by atoms with Crippen molar-refractivity contribution >= 4 is 0 Å². The van der Waals surface area contributed by atoms with Gasteiger partial charge in [0.1, 0.15) is 11.5 Å². The number of aliphatic hydroxyl groups is 1. The van der Waals surface area contributed by atoms with E-state index in [1.54, 1.807) is 0 Å². The van der Waals surface area contributed by atoms with Crippen molar-refractivity contribution in [1.29, 1.82) is 0 Å². The zero-order valence-corrected chi connectivity index (χ0v) is 21.5. The SMILES string of the molecule is CCCC/C=C/CCCCCCCCCc1cccc(OC(O)COc2ccc(CC)cc2)c1. The Hall–Kier alpha value is -2.26. The number of unbranched alkanes of at least 4 members (excludes halogenated alkanes) is 9. The van der Waals surface area contributed by atoms with Gasteiger partial charge < -0.3 is 14.6 Å². The van der Waals surface area contributed by atoms with E-state index in [1.807, 2.05) is 42.5 Å². The number of allylic oxidation sites excluding steroid dienone is 2. The fourth-order valence-electron chi connectivity index (χ4n) is 3.99. The predicted molar refractivity (Wildman–Crippen MR) is 144 cm³/mol.